The summed E-state index contributed by atoms with van der Waals surface area (Å²) in [6.45, 7) is 2.16. The fourth-order valence-corrected chi connectivity index (χ4v) is 3.56. The lowest BCUT2D eigenvalue weighted by Crippen LogP contribution is -2.50. The van der Waals surface area contributed by atoms with Gasteiger partial charge in [-0.25, -0.2) is 0 Å². The first-order valence-electron chi connectivity index (χ1n) is 8.77. The molecule has 3 heterocycles. The number of carbonyl (C=O) groups excluding carboxylic acids is 2. The molecule has 3 aromatic rings. The number of hydrogen-bond acceptors (Lipinski definition) is 3. The first-order chi connectivity index (χ1) is 12.6. The van der Waals surface area contributed by atoms with Crippen molar-refractivity contribution in [2.75, 3.05) is 26.2 Å². The zero-order valence-electron chi connectivity index (χ0n) is 14.7. The number of piperazine rings is 1. The molecule has 0 unspecified atom stereocenters. The number of amides is 2. The maximum absolute atomic E-state index is 12.7. The van der Waals surface area contributed by atoms with Gasteiger partial charge in [-0.3, -0.25) is 9.59 Å². The van der Waals surface area contributed by atoms with Crippen LogP contribution in [-0.4, -0.2) is 52.4 Å². The Morgan fingerprint density at radius 3 is 2.46 bits per heavy atom. The highest BCUT2D eigenvalue weighted by Crippen LogP contribution is 2.21. The number of nitrogens with zero attached hydrogens (tertiary/aromatic N) is 3. The summed E-state index contributed by atoms with van der Waals surface area (Å²) in [4.78, 5) is 28.6. The number of furan rings is 1. The molecule has 4 rings (SSSR count). The van der Waals surface area contributed by atoms with Crippen molar-refractivity contribution < 1.29 is 14.0 Å². The molecule has 6 nitrogen and oxygen atoms in total. The summed E-state index contributed by atoms with van der Waals surface area (Å²) in [6, 6.07) is 11.5. The summed E-state index contributed by atoms with van der Waals surface area (Å²) in [5, 5.41) is 1.12. The highest BCUT2D eigenvalue weighted by molar-refractivity contribution is 5.92. The number of aryl methyl sites for hydroxylation is 1. The van der Waals surface area contributed by atoms with E-state index < -0.39 is 0 Å². The van der Waals surface area contributed by atoms with Gasteiger partial charge in [0.25, 0.3) is 5.91 Å². The van der Waals surface area contributed by atoms with E-state index in [4.69, 9.17) is 4.42 Å². The van der Waals surface area contributed by atoms with E-state index in [-0.39, 0.29) is 11.8 Å². The molecule has 1 aliphatic rings. The van der Waals surface area contributed by atoms with Crippen LogP contribution in [0.15, 0.2) is 53.3 Å². The minimum atomic E-state index is -0.115. The highest BCUT2D eigenvalue weighted by atomic mass is 16.3. The van der Waals surface area contributed by atoms with E-state index in [9.17, 15) is 9.59 Å². The number of fused-ring (bicyclic) bond motifs is 1. The van der Waals surface area contributed by atoms with Crippen molar-refractivity contribution in [3.05, 3.63) is 60.2 Å². The lowest BCUT2D eigenvalue weighted by atomic mass is 10.1. The van der Waals surface area contributed by atoms with E-state index in [1.165, 1.54) is 6.26 Å². The van der Waals surface area contributed by atoms with Gasteiger partial charge in [0, 0.05) is 50.3 Å². The van der Waals surface area contributed by atoms with Crippen molar-refractivity contribution in [3.63, 3.8) is 0 Å². The van der Waals surface area contributed by atoms with Crippen molar-refractivity contribution in [1.29, 1.82) is 0 Å². The molecule has 1 aromatic carbocycles. The Hall–Kier alpha value is -3.02. The van der Waals surface area contributed by atoms with E-state index in [0.29, 0.717) is 38.4 Å². The van der Waals surface area contributed by atoms with Crippen LogP contribution in [0.1, 0.15) is 16.1 Å². The largest absolute Gasteiger partial charge is 0.459 e. The fourth-order valence-electron chi connectivity index (χ4n) is 3.56. The standard InChI is InChI=1S/C20H21N3O3/c1-21-14-15(16-5-2-3-6-17(16)21)13-19(24)22-8-10-23(11-9-22)20(25)18-7-4-12-26-18/h2-7,12,14H,8-11,13H2,1H3. The van der Waals surface area contributed by atoms with Crippen LogP contribution < -0.4 is 0 Å². The monoisotopic (exact) mass is 351 g/mol. The van der Waals surface area contributed by atoms with Gasteiger partial charge in [-0.05, 0) is 23.8 Å². The van der Waals surface area contributed by atoms with Crippen molar-refractivity contribution in [3.8, 4) is 0 Å². The second kappa shape index (κ2) is 6.71. The maximum Gasteiger partial charge on any atom is 0.289 e. The first kappa shape index (κ1) is 16.4. The summed E-state index contributed by atoms with van der Waals surface area (Å²) >= 11 is 0. The highest BCUT2D eigenvalue weighted by Gasteiger charge is 2.26. The molecule has 0 radical (unpaired) electrons. The fraction of sp³-hybridized carbons (Fsp3) is 0.300. The van der Waals surface area contributed by atoms with Gasteiger partial charge in [0.1, 0.15) is 0 Å². The molecule has 1 saturated heterocycles. The third-order valence-corrected chi connectivity index (χ3v) is 4.97. The summed E-state index contributed by atoms with van der Waals surface area (Å²) in [6.07, 6.45) is 3.91. The Morgan fingerprint density at radius 1 is 1.00 bits per heavy atom. The van der Waals surface area contributed by atoms with Crippen molar-refractivity contribution >= 4 is 22.7 Å². The van der Waals surface area contributed by atoms with E-state index in [1.807, 2.05) is 30.3 Å². The molecule has 0 spiro atoms. The van der Waals surface area contributed by atoms with Gasteiger partial charge in [-0.15, -0.1) is 0 Å². The van der Waals surface area contributed by atoms with Gasteiger partial charge < -0.3 is 18.8 Å². The molecule has 1 aliphatic heterocycles. The molecular weight excluding hydrogens is 330 g/mol. The molecule has 26 heavy (non-hydrogen) atoms. The number of benzene rings is 1. The van der Waals surface area contributed by atoms with E-state index >= 15 is 0 Å². The molecule has 134 valence electrons. The SMILES string of the molecule is Cn1cc(CC(=O)N2CCN(C(=O)c3ccco3)CC2)c2ccccc21. The molecule has 1 fully saturated rings. The van der Waals surface area contributed by atoms with Crippen LogP contribution in [0.5, 0.6) is 0 Å². The molecule has 0 bridgehead atoms. The van der Waals surface area contributed by atoms with Crippen molar-refractivity contribution in [2.24, 2.45) is 7.05 Å². The average Bonchev–Trinajstić information content (AvgIpc) is 3.31. The molecule has 0 N–H and O–H groups in total. The molecule has 6 heteroatoms. The molecule has 2 aromatic heterocycles. The van der Waals surface area contributed by atoms with E-state index in [1.54, 1.807) is 17.0 Å². The summed E-state index contributed by atoms with van der Waals surface area (Å²) < 4.78 is 7.22. The van der Waals surface area contributed by atoms with Gasteiger partial charge in [0.15, 0.2) is 5.76 Å². The smallest absolute Gasteiger partial charge is 0.289 e. The van der Waals surface area contributed by atoms with Gasteiger partial charge >= 0.3 is 0 Å². The van der Waals surface area contributed by atoms with Gasteiger partial charge in [0.2, 0.25) is 5.91 Å². The molecule has 0 atom stereocenters. The van der Waals surface area contributed by atoms with E-state index in [2.05, 4.69) is 16.7 Å². The summed E-state index contributed by atoms with van der Waals surface area (Å²) in [7, 11) is 2.00. The molecule has 0 saturated carbocycles. The molecule has 0 aliphatic carbocycles. The average molecular weight is 351 g/mol. The van der Waals surface area contributed by atoms with Gasteiger partial charge in [-0.1, -0.05) is 18.2 Å². The zero-order chi connectivity index (χ0) is 18.1. The second-order valence-electron chi connectivity index (χ2n) is 6.61. The van der Waals surface area contributed by atoms with Gasteiger partial charge in [0.05, 0.1) is 12.7 Å². The minimum Gasteiger partial charge on any atom is -0.459 e. The second-order valence-corrected chi connectivity index (χ2v) is 6.61. The third kappa shape index (κ3) is 2.98. The van der Waals surface area contributed by atoms with Gasteiger partial charge in [-0.2, -0.15) is 0 Å². The maximum atomic E-state index is 12.7. The lowest BCUT2D eigenvalue weighted by molar-refractivity contribution is -0.131. The Balaban J connectivity index is 1.40. The zero-order valence-corrected chi connectivity index (χ0v) is 14.7. The number of carbonyl (C=O) groups is 2. The van der Waals surface area contributed by atoms with Crippen LogP contribution >= 0.6 is 0 Å². The summed E-state index contributed by atoms with van der Waals surface area (Å²) in [5.41, 5.74) is 2.17. The number of rotatable bonds is 3. The molecule has 2 amide bonds. The van der Waals surface area contributed by atoms with Crippen LogP contribution in [0.4, 0.5) is 0 Å². The number of aromatic nitrogens is 1. The normalized spacial score (nSPS) is 14.8. The number of hydrogen-bond donors (Lipinski definition) is 0. The predicted molar refractivity (Wildman–Crippen MR) is 97.8 cm³/mol. The van der Waals surface area contributed by atoms with Crippen LogP contribution in [0.2, 0.25) is 0 Å². The lowest BCUT2D eigenvalue weighted by Gasteiger charge is -2.34. The summed E-state index contributed by atoms with van der Waals surface area (Å²) in [5.74, 6) is 0.336. The van der Waals surface area contributed by atoms with Crippen LogP contribution in [0, 0.1) is 0 Å². The topological polar surface area (TPSA) is 58.7 Å². The van der Waals surface area contributed by atoms with Crippen molar-refractivity contribution in [2.45, 2.75) is 6.42 Å². The van der Waals surface area contributed by atoms with Crippen LogP contribution in [-0.2, 0) is 18.3 Å². The quantitative estimate of drug-likeness (QED) is 0.727. The van der Waals surface area contributed by atoms with E-state index in [0.717, 1.165) is 16.5 Å². The Morgan fingerprint density at radius 2 is 1.73 bits per heavy atom. The molecular formula is C20H21N3O3. The van der Waals surface area contributed by atoms with Crippen LogP contribution in [0.25, 0.3) is 10.9 Å². The third-order valence-electron chi connectivity index (χ3n) is 4.97. The van der Waals surface area contributed by atoms with Crippen LogP contribution in [0.3, 0.4) is 0 Å². The number of para-hydroxylation sites is 1. The minimum absolute atomic E-state index is 0.103. The van der Waals surface area contributed by atoms with Crippen molar-refractivity contribution in [1.82, 2.24) is 14.4 Å². The Kier molecular flexibility index (Phi) is 4.24. The predicted octanol–water partition coefficient (Wildman–Crippen LogP) is 2.30. The first-order valence-corrected chi connectivity index (χ1v) is 8.77. The Labute approximate surface area is 151 Å². The Bertz CT molecular complexity index is 935.